The van der Waals surface area contributed by atoms with E-state index in [0.29, 0.717) is 11.8 Å². The molecule has 106 valence electrons. The highest BCUT2D eigenvalue weighted by atomic mass is 16.4. The third-order valence-electron chi connectivity index (χ3n) is 4.06. The number of fused-ring (bicyclic) bond motifs is 2. The fraction of sp³-hybridized carbons (Fsp3) is 0.750. The normalized spacial score (nSPS) is 29.8. The van der Waals surface area contributed by atoms with Crippen molar-refractivity contribution in [2.24, 2.45) is 17.6 Å². The van der Waals surface area contributed by atoms with Crippen molar-refractivity contribution >= 4 is 17.9 Å². The maximum Gasteiger partial charge on any atom is 0.326 e. The van der Waals surface area contributed by atoms with Crippen molar-refractivity contribution in [3.8, 4) is 0 Å². The number of nitrogens with one attached hydrogen (secondary N) is 2. The Morgan fingerprint density at radius 1 is 1.26 bits per heavy atom. The summed E-state index contributed by atoms with van der Waals surface area (Å²) in [5, 5.41) is 14.0. The summed E-state index contributed by atoms with van der Waals surface area (Å²) >= 11 is 0. The topological polar surface area (TPSA) is 122 Å². The first-order chi connectivity index (χ1) is 8.95. The summed E-state index contributed by atoms with van der Waals surface area (Å²) in [6.07, 6.45) is 4.06. The van der Waals surface area contributed by atoms with Crippen LogP contribution in [0.25, 0.3) is 0 Å². The Kier molecular flexibility index (Phi) is 3.92. The lowest BCUT2D eigenvalue weighted by Crippen LogP contribution is -2.51. The van der Waals surface area contributed by atoms with Crippen molar-refractivity contribution in [3.05, 3.63) is 0 Å². The van der Waals surface area contributed by atoms with E-state index in [1.807, 2.05) is 0 Å². The van der Waals surface area contributed by atoms with Gasteiger partial charge in [-0.2, -0.15) is 0 Å². The lowest BCUT2D eigenvalue weighted by atomic mass is 9.95. The molecule has 2 aliphatic carbocycles. The molecular weight excluding hydrogens is 250 g/mol. The number of carbonyl (C=O) groups is 3. The number of aliphatic carboxylic acids is 1. The first-order valence-corrected chi connectivity index (χ1v) is 6.54. The van der Waals surface area contributed by atoms with E-state index in [-0.39, 0.29) is 6.04 Å². The Bertz CT molecular complexity index is 398. The van der Waals surface area contributed by atoms with Crippen molar-refractivity contribution in [2.45, 2.75) is 44.2 Å². The summed E-state index contributed by atoms with van der Waals surface area (Å²) in [4.78, 5) is 33.4. The second-order valence-corrected chi connectivity index (χ2v) is 5.46. The molecule has 7 nitrogen and oxygen atoms in total. The van der Waals surface area contributed by atoms with Crippen LogP contribution in [0.5, 0.6) is 0 Å². The summed E-state index contributed by atoms with van der Waals surface area (Å²) in [5.74, 6) is -0.819. The minimum absolute atomic E-state index is 0.127. The van der Waals surface area contributed by atoms with Crippen LogP contribution in [0.3, 0.4) is 0 Å². The number of carboxylic acids is 1. The predicted molar refractivity (Wildman–Crippen MR) is 66.1 cm³/mol. The van der Waals surface area contributed by atoms with Gasteiger partial charge in [0.25, 0.3) is 0 Å². The van der Waals surface area contributed by atoms with Gasteiger partial charge in [-0.05, 0) is 31.1 Å². The molecule has 3 amide bonds. The molecule has 0 aromatic carbocycles. The predicted octanol–water partition coefficient (Wildman–Crippen LogP) is -0.197. The lowest BCUT2D eigenvalue weighted by Gasteiger charge is -2.24. The molecule has 0 aliphatic heterocycles. The molecule has 5 N–H and O–H groups in total. The zero-order chi connectivity index (χ0) is 14.0. The number of carboxylic acid groups (broad SMARTS) is 1. The van der Waals surface area contributed by atoms with E-state index in [0.717, 1.165) is 19.3 Å². The van der Waals surface area contributed by atoms with Crippen molar-refractivity contribution < 1.29 is 19.5 Å². The van der Waals surface area contributed by atoms with E-state index < -0.39 is 30.4 Å². The third-order valence-corrected chi connectivity index (χ3v) is 4.06. The van der Waals surface area contributed by atoms with Gasteiger partial charge in [0, 0.05) is 6.04 Å². The highest BCUT2D eigenvalue weighted by Crippen LogP contribution is 2.44. The number of nitrogens with two attached hydrogens (primary N) is 1. The van der Waals surface area contributed by atoms with Gasteiger partial charge in [0.1, 0.15) is 6.04 Å². The molecule has 2 fully saturated rings. The number of amides is 3. The van der Waals surface area contributed by atoms with Gasteiger partial charge in [0.05, 0.1) is 6.42 Å². The molecule has 0 spiro atoms. The van der Waals surface area contributed by atoms with E-state index in [2.05, 4.69) is 10.6 Å². The van der Waals surface area contributed by atoms with Gasteiger partial charge in [-0.3, -0.25) is 4.79 Å². The van der Waals surface area contributed by atoms with E-state index in [1.165, 1.54) is 6.42 Å². The summed E-state index contributed by atoms with van der Waals surface area (Å²) in [5.41, 5.74) is 4.95. The molecule has 0 aromatic heterocycles. The molecule has 4 atom stereocenters. The van der Waals surface area contributed by atoms with Crippen LogP contribution in [0, 0.1) is 11.8 Å². The van der Waals surface area contributed by atoms with Gasteiger partial charge < -0.3 is 21.5 Å². The third kappa shape index (κ3) is 3.36. The minimum atomic E-state index is -1.27. The number of rotatable bonds is 5. The van der Waals surface area contributed by atoms with E-state index in [9.17, 15) is 14.4 Å². The summed E-state index contributed by atoms with van der Waals surface area (Å²) in [7, 11) is 0. The molecule has 0 heterocycles. The first-order valence-electron chi connectivity index (χ1n) is 6.54. The maximum absolute atomic E-state index is 11.7. The molecule has 19 heavy (non-hydrogen) atoms. The highest BCUT2D eigenvalue weighted by molar-refractivity contribution is 5.87. The van der Waals surface area contributed by atoms with Gasteiger partial charge in [-0.15, -0.1) is 0 Å². The molecule has 7 heteroatoms. The Morgan fingerprint density at radius 3 is 2.47 bits per heavy atom. The lowest BCUT2D eigenvalue weighted by molar-refractivity contribution is -0.140. The Hall–Kier alpha value is -1.79. The van der Waals surface area contributed by atoms with Crippen LogP contribution in [0.15, 0.2) is 0 Å². The standard InChI is InChI=1S/C12H19N3O4/c13-10(16)5-9(11(17)18)15-12(19)14-8-4-6-1-2-7(8)3-6/h6-9H,1-5H2,(H2,13,16)(H,17,18)(H2,14,15,19)/t6?,7?,8?,9-/m1/s1. The first kappa shape index (κ1) is 13.6. The van der Waals surface area contributed by atoms with E-state index >= 15 is 0 Å². The summed E-state index contributed by atoms with van der Waals surface area (Å²) in [6.45, 7) is 0. The van der Waals surface area contributed by atoms with Gasteiger partial charge in [0.2, 0.25) is 5.91 Å². The van der Waals surface area contributed by atoms with Gasteiger partial charge in [0.15, 0.2) is 0 Å². The maximum atomic E-state index is 11.7. The molecule has 0 aromatic rings. The molecular formula is C12H19N3O4. The van der Waals surface area contributed by atoms with Crippen LogP contribution >= 0.6 is 0 Å². The quantitative estimate of drug-likeness (QED) is 0.552. The molecule has 2 bridgehead atoms. The SMILES string of the molecule is NC(=O)C[C@@H](NC(=O)NC1CC2CCC1C2)C(=O)O. The van der Waals surface area contributed by atoms with Gasteiger partial charge in [-0.1, -0.05) is 6.42 Å². The average Bonchev–Trinajstić information content (AvgIpc) is 2.89. The van der Waals surface area contributed by atoms with Crippen molar-refractivity contribution in [3.63, 3.8) is 0 Å². The fourth-order valence-corrected chi connectivity index (χ4v) is 3.19. The van der Waals surface area contributed by atoms with Crippen LogP contribution in [-0.4, -0.2) is 35.1 Å². The molecule has 2 rings (SSSR count). The molecule has 0 radical (unpaired) electrons. The van der Waals surface area contributed by atoms with Crippen LogP contribution in [0.2, 0.25) is 0 Å². The molecule has 0 saturated heterocycles. The highest BCUT2D eigenvalue weighted by Gasteiger charge is 2.40. The molecule has 2 saturated carbocycles. The second kappa shape index (κ2) is 5.46. The summed E-state index contributed by atoms with van der Waals surface area (Å²) in [6, 6.07) is -1.68. The number of hydrogen-bond acceptors (Lipinski definition) is 3. The van der Waals surface area contributed by atoms with Crippen molar-refractivity contribution in [2.75, 3.05) is 0 Å². The van der Waals surface area contributed by atoms with Gasteiger partial charge >= 0.3 is 12.0 Å². The number of primary amides is 1. The number of urea groups is 1. The van der Waals surface area contributed by atoms with Crippen LogP contribution < -0.4 is 16.4 Å². The smallest absolute Gasteiger partial charge is 0.326 e. The van der Waals surface area contributed by atoms with Crippen molar-refractivity contribution in [1.82, 2.24) is 10.6 Å². The van der Waals surface area contributed by atoms with Crippen LogP contribution in [0.1, 0.15) is 32.1 Å². The van der Waals surface area contributed by atoms with E-state index in [4.69, 9.17) is 10.8 Å². The molecule has 3 unspecified atom stereocenters. The van der Waals surface area contributed by atoms with Crippen molar-refractivity contribution in [1.29, 1.82) is 0 Å². The Morgan fingerprint density at radius 2 is 2.00 bits per heavy atom. The Labute approximate surface area is 110 Å². The van der Waals surface area contributed by atoms with E-state index in [1.54, 1.807) is 0 Å². The average molecular weight is 269 g/mol. The zero-order valence-electron chi connectivity index (χ0n) is 10.6. The summed E-state index contributed by atoms with van der Waals surface area (Å²) < 4.78 is 0. The zero-order valence-corrected chi connectivity index (χ0v) is 10.6. The largest absolute Gasteiger partial charge is 0.480 e. The monoisotopic (exact) mass is 269 g/mol. The van der Waals surface area contributed by atoms with Crippen LogP contribution in [0.4, 0.5) is 4.79 Å². The number of carbonyl (C=O) groups excluding carboxylic acids is 2. The minimum Gasteiger partial charge on any atom is -0.480 e. The fourth-order valence-electron chi connectivity index (χ4n) is 3.19. The van der Waals surface area contributed by atoms with Crippen LogP contribution in [-0.2, 0) is 9.59 Å². The number of hydrogen-bond donors (Lipinski definition) is 4. The van der Waals surface area contributed by atoms with Gasteiger partial charge in [-0.25, -0.2) is 9.59 Å². The Balaban J connectivity index is 1.82. The second-order valence-electron chi connectivity index (χ2n) is 5.46. The molecule has 2 aliphatic rings.